The van der Waals surface area contributed by atoms with E-state index in [4.69, 9.17) is 14.1 Å². The van der Waals surface area contributed by atoms with Crippen LogP contribution in [0.1, 0.15) is 47.1 Å². The van der Waals surface area contributed by atoms with Crippen LogP contribution in [0.4, 0.5) is 17.3 Å². The van der Waals surface area contributed by atoms with E-state index in [9.17, 15) is 0 Å². The van der Waals surface area contributed by atoms with Crippen LogP contribution >= 0.6 is 11.3 Å². The molecule has 0 unspecified atom stereocenters. The van der Waals surface area contributed by atoms with Gasteiger partial charge in [0.25, 0.3) is 0 Å². The number of benzene rings is 5. The Hall–Kier alpha value is -5.79. The van der Waals surface area contributed by atoms with Crippen molar-refractivity contribution in [1.29, 1.82) is 0 Å². The first-order valence-corrected chi connectivity index (χ1v) is 19.0. The summed E-state index contributed by atoms with van der Waals surface area (Å²) in [5.74, 6) is 3.29. The van der Waals surface area contributed by atoms with Crippen molar-refractivity contribution in [2.45, 2.75) is 52.5 Å². The molecule has 1 aliphatic rings. The number of rotatable bonds is 4. The lowest BCUT2D eigenvalue weighted by Gasteiger charge is -2.34. The number of thiophene rings is 1. The summed E-state index contributed by atoms with van der Waals surface area (Å²) >= 11 is 1.84. The number of para-hydroxylation sites is 1. The lowest BCUT2D eigenvalue weighted by molar-refractivity contribution is 0.483. The van der Waals surface area contributed by atoms with Gasteiger partial charge in [-0.2, -0.15) is 0 Å². The van der Waals surface area contributed by atoms with E-state index in [1.54, 1.807) is 0 Å². The van der Waals surface area contributed by atoms with E-state index < -0.39 is 0 Å². The number of ether oxygens (including phenoxy) is 1. The Morgan fingerprint density at radius 3 is 2.30 bits per heavy atom. The molecule has 5 aromatic carbocycles. The predicted molar refractivity (Wildman–Crippen MR) is 222 cm³/mol. The average molecular weight is 713 g/mol. The molecule has 0 bridgehead atoms. The SMILES string of the molecule is CC(C)(C)c1ccnc(-n2c3cc(Oc4cccc(N5CN(C(C)(C)C)c6c5oc5ccccc65)c4)ccc3c3ccc4sc5ccccc5c4c32)c1. The Kier molecular flexibility index (Phi) is 6.83. The lowest BCUT2D eigenvalue weighted by atomic mass is 9.88. The molecular weight excluding hydrogens is 673 g/mol. The van der Waals surface area contributed by atoms with Crippen molar-refractivity contribution >= 4 is 81.5 Å². The van der Waals surface area contributed by atoms with Crippen LogP contribution in [0.2, 0.25) is 0 Å². The largest absolute Gasteiger partial charge is 0.457 e. The van der Waals surface area contributed by atoms with Crippen molar-refractivity contribution in [2.75, 3.05) is 16.5 Å². The summed E-state index contributed by atoms with van der Waals surface area (Å²) in [7, 11) is 0. The highest BCUT2D eigenvalue weighted by Gasteiger charge is 2.38. The Balaban J connectivity index is 1.11. The van der Waals surface area contributed by atoms with E-state index in [0.29, 0.717) is 6.67 Å². The fourth-order valence-electron chi connectivity index (χ4n) is 7.94. The fourth-order valence-corrected chi connectivity index (χ4v) is 9.05. The van der Waals surface area contributed by atoms with Gasteiger partial charge in [0.1, 0.15) is 28.6 Å². The smallest absolute Gasteiger partial charge is 0.226 e. The standard InChI is InChI=1S/C46H40N4O2S/c1-45(2,3)28-22-23-47-40(24-28)50-36-26-31(18-19-32(36)33-20-21-39-41(42(33)50)35-15-8-10-17-38(35)53-39)51-30-13-11-12-29(25-30)48-27-49(46(4,5)6)43-34-14-7-9-16-37(34)52-44(43)48/h7-26H,27H2,1-6H3. The Labute approximate surface area is 312 Å². The van der Waals surface area contributed by atoms with Gasteiger partial charge in [0.05, 0.1) is 17.7 Å². The van der Waals surface area contributed by atoms with Crippen LogP contribution in [0, 0.1) is 0 Å². The summed E-state index contributed by atoms with van der Waals surface area (Å²) in [6.45, 7) is 14.2. The van der Waals surface area contributed by atoms with E-state index in [2.05, 4.69) is 153 Å². The number of nitrogens with zero attached hydrogens (tertiary/aromatic N) is 4. The van der Waals surface area contributed by atoms with Crippen LogP contribution in [-0.4, -0.2) is 21.8 Å². The summed E-state index contributed by atoms with van der Waals surface area (Å²) < 4.78 is 18.1. The Morgan fingerprint density at radius 2 is 1.47 bits per heavy atom. The fraction of sp³-hybridized carbons (Fsp3) is 0.196. The van der Waals surface area contributed by atoms with Crippen molar-refractivity contribution in [1.82, 2.24) is 9.55 Å². The second-order valence-corrected chi connectivity index (χ2v) is 17.2. The molecule has 0 saturated carbocycles. The molecule has 0 atom stereocenters. The lowest BCUT2D eigenvalue weighted by Crippen LogP contribution is -2.42. The number of fused-ring (bicyclic) bond motifs is 10. The highest BCUT2D eigenvalue weighted by molar-refractivity contribution is 7.26. The van der Waals surface area contributed by atoms with Crippen molar-refractivity contribution in [2.24, 2.45) is 0 Å². The molecule has 7 heteroatoms. The van der Waals surface area contributed by atoms with Gasteiger partial charge in [-0.25, -0.2) is 4.98 Å². The molecule has 0 spiro atoms. The maximum Gasteiger partial charge on any atom is 0.226 e. The minimum absolute atomic E-state index is 0.0253. The highest BCUT2D eigenvalue weighted by atomic mass is 32.1. The number of hydrogen-bond acceptors (Lipinski definition) is 6. The monoisotopic (exact) mass is 712 g/mol. The van der Waals surface area contributed by atoms with Crippen LogP contribution < -0.4 is 14.5 Å². The Bertz CT molecular complexity index is 2900. The molecule has 0 fully saturated rings. The highest BCUT2D eigenvalue weighted by Crippen LogP contribution is 2.50. The average Bonchev–Trinajstić information content (AvgIpc) is 3.89. The van der Waals surface area contributed by atoms with E-state index in [1.807, 2.05) is 35.7 Å². The third kappa shape index (κ3) is 5.01. The molecule has 5 heterocycles. The molecule has 0 aliphatic carbocycles. The summed E-state index contributed by atoms with van der Waals surface area (Å²) in [5.41, 5.74) is 6.39. The molecule has 10 rings (SSSR count). The van der Waals surface area contributed by atoms with Crippen molar-refractivity contribution < 1.29 is 9.15 Å². The molecule has 9 aromatic rings. The molecule has 0 radical (unpaired) electrons. The van der Waals surface area contributed by atoms with Gasteiger partial charge in [0, 0.05) is 65.9 Å². The van der Waals surface area contributed by atoms with Gasteiger partial charge < -0.3 is 14.1 Å². The minimum atomic E-state index is -0.0970. The second kappa shape index (κ2) is 11.4. The number of anilines is 3. The van der Waals surface area contributed by atoms with Gasteiger partial charge >= 0.3 is 0 Å². The molecule has 262 valence electrons. The summed E-state index contributed by atoms with van der Waals surface area (Å²) in [4.78, 5) is 9.67. The van der Waals surface area contributed by atoms with Gasteiger partial charge in [-0.1, -0.05) is 63.2 Å². The summed E-state index contributed by atoms with van der Waals surface area (Å²) in [6.07, 6.45) is 1.94. The van der Waals surface area contributed by atoms with E-state index >= 15 is 0 Å². The van der Waals surface area contributed by atoms with Gasteiger partial charge in [0.15, 0.2) is 0 Å². The molecule has 4 aromatic heterocycles. The predicted octanol–water partition coefficient (Wildman–Crippen LogP) is 13.1. The van der Waals surface area contributed by atoms with Gasteiger partial charge in [-0.3, -0.25) is 9.47 Å². The molecule has 0 N–H and O–H groups in total. The number of hydrogen-bond donors (Lipinski definition) is 0. The van der Waals surface area contributed by atoms with Crippen LogP contribution in [0.15, 0.2) is 126 Å². The zero-order valence-electron chi connectivity index (χ0n) is 30.8. The van der Waals surface area contributed by atoms with Crippen LogP contribution in [0.5, 0.6) is 11.5 Å². The maximum absolute atomic E-state index is 6.73. The van der Waals surface area contributed by atoms with Crippen LogP contribution in [0.3, 0.4) is 0 Å². The second-order valence-electron chi connectivity index (χ2n) is 16.1. The molecule has 6 nitrogen and oxygen atoms in total. The Morgan fingerprint density at radius 1 is 0.698 bits per heavy atom. The number of pyridine rings is 1. The van der Waals surface area contributed by atoms with Crippen molar-refractivity contribution in [3.63, 3.8) is 0 Å². The summed E-state index contributed by atoms with van der Waals surface area (Å²) in [6, 6.07) is 40.7. The first kappa shape index (κ1) is 31.9. The van der Waals surface area contributed by atoms with Crippen LogP contribution in [0.25, 0.3) is 58.8 Å². The van der Waals surface area contributed by atoms with E-state index in [0.717, 1.165) is 56.4 Å². The molecule has 0 amide bonds. The van der Waals surface area contributed by atoms with Crippen molar-refractivity contribution in [3.8, 4) is 17.3 Å². The van der Waals surface area contributed by atoms with Crippen molar-refractivity contribution in [3.05, 3.63) is 127 Å². The van der Waals surface area contributed by atoms with Gasteiger partial charge in [-0.05, 0) is 92.4 Å². The molecular formula is C46H40N4O2S. The molecule has 0 saturated heterocycles. The first-order valence-electron chi connectivity index (χ1n) is 18.2. The quantitative estimate of drug-likeness (QED) is 0.182. The first-order chi connectivity index (χ1) is 25.5. The van der Waals surface area contributed by atoms with Gasteiger partial charge in [0.2, 0.25) is 5.88 Å². The molecule has 1 aliphatic heterocycles. The third-order valence-corrected chi connectivity index (χ3v) is 11.7. The molecule has 53 heavy (non-hydrogen) atoms. The minimum Gasteiger partial charge on any atom is -0.457 e. The topological polar surface area (TPSA) is 46.7 Å². The van der Waals surface area contributed by atoms with Crippen LogP contribution in [-0.2, 0) is 5.41 Å². The summed E-state index contributed by atoms with van der Waals surface area (Å²) in [5, 5.41) is 6.02. The van der Waals surface area contributed by atoms with E-state index in [1.165, 1.54) is 36.6 Å². The zero-order chi connectivity index (χ0) is 36.2. The normalized spacial score (nSPS) is 13.7. The number of furan rings is 1. The zero-order valence-corrected chi connectivity index (χ0v) is 31.6. The maximum atomic E-state index is 6.73. The number of aromatic nitrogens is 2. The van der Waals surface area contributed by atoms with E-state index in [-0.39, 0.29) is 11.0 Å². The van der Waals surface area contributed by atoms with Gasteiger partial charge in [-0.15, -0.1) is 11.3 Å². The third-order valence-electron chi connectivity index (χ3n) is 10.6.